The highest BCUT2D eigenvalue weighted by atomic mass is 32.2. The molecule has 2 saturated heterocycles. The molecule has 0 aromatic heterocycles. The first kappa shape index (κ1) is 22.4. The molecule has 2 aromatic carbocycles. The lowest BCUT2D eigenvalue weighted by Crippen LogP contribution is -2.47. The minimum atomic E-state index is -3.85. The van der Waals surface area contributed by atoms with Crippen molar-refractivity contribution in [3.63, 3.8) is 0 Å². The van der Waals surface area contributed by atoms with Crippen LogP contribution in [-0.4, -0.2) is 68.9 Å². The van der Waals surface area contributed by atoms with Crippen molar-refractivity contribution >= 4 is 32.8 Å². The Bertz CT molecular complexity index is 1110. The highest BCUT2D eigenvalue weighted by molar-refractivity contribution is 7.89. The number of benzene rings is 2. The van der Waals surface area contributed by atoms with Gasteiger partial charge >= 0.3 is 0 Å². The summed E-state index contributed by atoms with van der Waals surface area (Å²) in [5.41, 5.74) is 0.795. The van der Waals surface area contributed by atoms with E-state index in [1.807, 2.05) is 11.9 Å². The van der Waals surface area contributed by atoms with Gasteiger partial charge in [0.15, 0.2) is 0 Å². The molecule has 0 atom stereocenters. The summed E-state index contributed by atoms with van der Waals surface area (Å²) in [5.74, 6) is -0.450. The van der Waals surface area contributed by atoms with Gasteiger partial charge in [-0.15, -0.1) is 0 Å². The predicted molar refractivity (Wildman–Crippen MR) is 120 cm³/mol. The predicted octanol–water partition coefficient (Wildman–Crippen LogP) is 3.01. The molecule has 2 aromatic rings. The van der Waals surface area contributed by atoms with Gasteiger partial charge in [-0.3, -0.25) is 10.1 Å². The number of hydrogen-bond acceptors (Lipinski definition) is 7. The number of hydrogen-bond donors (Lipinski definition) is 1. The molecule has 0 radical (unpaired) electrons. The van der Waals surface area contributed by atoms with E-state index in [-0.39, 0.29) is 16.3 Å². The summed E-state index contributed by atoms with van der Waals surface area (Å²) in [4.78, 5) is 15.0. The molecule has 4 rings (SSSR count). The van der Waals surface area contributed by atoms with E-state index in [9.17, 15) is 22.9 Å². The lowest BCUT2D eigenvalue weighted by molar-refractivity contribution is -0.384. The van der Waals surface area contributed by atoms with Crippen LogP contribution in [0.5, 0.6) is 0 Å². The second-order valence-electron chi connectivity index (χ2n) is 8.16. The fourth-order valence-electron chi connectivity index (χ4n) is 4.07. The highest BCUT2D eigenvalue weighted by Gasteiger charge is 2.29. The van der Waals surface area contributed by atoms with Crippen LogP contribution in [0.25, 0.3) is 0 Å². The number of rotatable bonds is 6. The molecule has 2 aliphatic heterocycles. The van der Waals surface area contributed by atoms with Crippen LogP contribution in [0.4, 0.5) is 27.1 Å². The summed E-state index contributed by atoms with van der Waals surface area (Å²) >= 11 is 0. The molecule has 0 aliphatic carbocycles. The van der Waals surface area contributed by atoms with Gasteiger partial charge in [-0.05, 0) is 50.2 Å². The molecular weight excluding hydrogens is 437 g/mol. The average Bonchev–Trinajstić information content (AvgIpc) is 3.29. The van der Waals surface area contributed by atoms with E-state index in [0.717, 1.165) is 32.0 Å². The maximum absolute atomic E-state index is 14.2. The van der Waals surface area contributed by atoms with E-state index < -0.39 is 20.8 Å². The smallest absolute Gasteiger partial charge is 0.294 e. The number of piperazine rings is 1. The van der Waals surface area contributed by atoms with Crippen LogP contribution in [-0.2, 0) is 10.0 Å². The SMILES string of the molecule is CN1CCN(S(=O)(=O)c2ccc(Nc3cc(F)cc(N4CCCC4)c3)c([N+](=O)[O-])c2)CC1. The maximum Gasteiger partial charge on any atom is 0.294 e. The summed E-state index contributed by atoms with van der Waals surface area (Å²) in [6.45, 7) is 3.52. The topological polar surface area (TPSA) is 99.0 Å². The van der Waals surface area contributed by atoms with Gasteiger partial charge in [-0.1, -0.05) is 0 Å². The molecule has 9 nitrogen and oxygen atoms in total. The molecular formula is C21H26FN5O4S. The Kier molecular flexibility index (Phi) is 6.31. The number of anilines is 3. The molecule has 0 spiro atoms. The van der Waals surface area contributed by atoms with E-state index in [1.54, 1.807) is 6.07 Å². The Balaban J connectivity index is 1.62. The number of halogens is 1. The van der Waals surface area contributed by atoms with Gasteiger partial charge in [0.05, 0.1) is 9.82 Å². The standard InChI is InChI=1S/C21H26FN5O4S/c1-24-8-10-26(11-9-24)32(30,31)19-4-5-20(21(15-19)27(28)29)23-17-12-16(22)13-18(14-17)25-6-2-3-7-25/h4-5,12-15,23H,2-3,6-11H2,1H3. The third-order valence-corrected chi connectivity index (χ3v) is 7.79. The van der Waals surface area contributed by atoms with E-state index in [2.05, 4.69) is 10.2 Å². The molecule has 2 aliphatic rings. The Labute approximate surface area is 186 Å². The van der Waals surface area contributed by atoms with Gasteiger partial charge in [0.2, 0.25) is 10.0 Å². The van der Waals surface area contributed by atoms with Crippen LogP contribution < -0.4 is 10.2 Å². The molecule has 0 bridgehead atoms. The van der Waals surface area contributed by atoms with Crippen LogP contribution in [0, 0.1) is 15.9 Å². The largest absolute Gasteiger partial charge is 0.371 e. The minimum Gasteiger partial charge on any atom is -0.371 e. The molecule has 0 amide bonds. The molecule has 32 heavy (non-hydrogen) atoms. The highest BCUT2D eigenvalue weighted by Crippen LogP contribution is 2.33. The third kappa shape index (κ3) is 4.69. The van der Waals surface area contributed by atoms with Crippen molar-refractivity contribution in [2.24, 2.45) is 0 Å². The number of nitrogens with one attached hydrogen (secondary N) is 1. The molecule has 2 heterocycles. The van der Waals surface area contributed by atoms with E-state index in [4.69, 9.17) is 0 Å². The molecule has 0 saturated carbocycles. The monoisotopic (exact) mass is 463 g/mol. The van der Waals surface area contributed by atoms with Crippen LogP contribution in [0.15, 0.2) is 41.3 Å². The summed E-state index contributed by atoms with van der Waals surface area (Å²) in [6.07, 6.45) is 2.07. The second-order valence-corrected chi connectivity index (χ2v) is 10.1. The van der Waals surface area contributed by atoms with Crippen molar-refractivity contribution in [3.8, 4) is 0 Å². The van der Waals surface area contributed by atoms with Gasteiger partial charge in [-0.25, -0.2) is 12.8 Å². The van der Waals surface area contributed by atoms with Gasteiger partial charge < -0.3 is 15.1 Å². The van der Waals surface area contributed by atoms with E-state index in [1.165, 1.54) is 28.6 Å². The van der Waals surface area contributed by atoms with Crippen molar-refractivity contribution < 1.29 is 17.7 Å². The zero-order valence-corrected chi connectivity index (χ0v) is 18.6. The van der Waals surface area contributed by atoms with Crippen molar-refractivity contribution in [2.75, 3.05) is 56.5 Å². The fraction of sp³-hybridized carbons (Fsp3) is 0.429. The van der Waals surface area contributed by atoms with Gasteiger partial charge in [0.1, 0.15) is 11.5 Å². The van der Waals surface area contributed by atoms with E-state index in [0.29, 0.717) is 37.6 Å². The molecule has 172 valence electrons. The van der Waals surface area contributed by atoms with Crippen LogP contribution in [0.2, 0.25) is 0 Å². The van der Waals surface area contributed by atoms with Crippen molar-refractivity contribution in [1.82, 2.24) is 9.21 Å². The molecule has 0 unspecified atom stereocenters. The van der Waals surface area contributed by atoms with Crippen molar-refractivity contribution in [2.45, 2.75) is 17.7 Å². The average molecular weight is 464 g/mol. The molecule has 11 heteroatoms. The lowest BCUT2D eigenvalue weighted by Gasteiger charge is -2.31. The first-order valence-corrected chi connectivity index (χ1v) is 12.0. The number of sulfonamides is 1. The van der Waals surface area contributed by atoms with Crippen LogP contribution in [0.1, 0.15) is 12.8 Å². The number of nitro benzene ring substituents is 1. The summed E-state index contributed by atoms with van der Waals surface area (Å²) in [6, 6.07) is 8.23. The summed E-state index contributed by atoms with van der Waals surface area (Å²) in [7, 11) is -1.93. The van der Waals surface area contributed by atoms with Crippen LogP contribution in [0.3, 0.4) is 0 Å². The lowest BCUT2D eigenvalue weighted by atomic mass is 10.2. The van der Waals surface area contributed by atoms with Gasteiger partial charge in [-0.2, -0.15) is 4.31 Å². The Morgan fingerprint density at radius 3 is 2.34 bits per heavy atom. The maximum atomic E-state index is 14.2. The number of nitro groups is 1. The second kappa shape index (κ2) is 9.00. The number of likely N-dealkylation sites (N-methyl/N-ethyl adjacent to an activating group) is 1. The van der Waals surface area contributed by atoms with Crippen molar-refractivity contribution in [3.05, 3.63) is 52.3 Å². The normalized spacial score (nSPS) is 18.1. The van der Waals surface area contributed by atoms with Crippen LogP contribution >= 0.6 is 0 Å². The zero-order chi connectivity index (χ0) is 22.9. The zero-order valence-electron chi connectivity index (χ0n) is 17.8. The molecule has 1 N–H and O–H groups in total. The first-order chi connectivity index (χ1) is 15.2. The quantitative estimate of drug-likeness (QED) is 0.519. The Morgan fingerprint density at radius 1 is 1.00 bits per heavy atom. The van der Waals surface area contributed by atoms with E-state index >= 15 is 0 Å². The van der Waals surface area contributed by atoms with Crippen molar-refractivity contribution in [1.29, 1.82) is 0 Å². The minimum absolute atomic E-state index is 0.102. The number of nitrogens with zero attached hydrogens (tertiary/aromatic N) is 4. The fourth-order valence-corrected chi connectivity index (χ4v) is 5.51. The summed E-state index contributed by atoms with van der Waals surface area (Å²) in [5, 5.41) is 14.6. The van der Waals surface area contributed by atoms with Gasteiger partial charge in [0, 0.05) is 56.7 Å². The first-order valence-electron chi connectivity index (χ1n) is 10.5. The third-order valence-electron chi connectivity index (χ3n) is 5.90. The van der Waals surface area contributed by atoms with Gasteiger partial charge in [0.25, 0.3) is 5.69 Å². The Morgan fingerprint density at radius 2 is 1.69 bits per heavy atom. The summed E-state index contributed by atoms with van der Waals surface area (Å²) < 4.78 is 41.5. The molecule has 2 fully saturated rings. The Hall–Kier alpha value is -2.76.